The zero-order valence-electron chi connectivity index (χ0n) is 13.4. The molecular formula is C17H14F2N4OS2. The van der Waals surface area contributed by atoms with Gasteiger partial charge in [0.1, 0.15) is 0 Å². The second kappa shape index (κ2) is 8.91. The van der Waals surface area contributed by atoms with Crippen molar-refractivity contribution in [3.8, 4) is 0 Å². The molecular weight excluding hydrogens is 378 g/mol. The van der Waals surface area contributed by atoms with Crippen molar-refractivity contribution < 1.29 is 13.6 Å². The third-order valence-electron chi connectivity index (χ3n) is 3.41. The average molecular weight is 392 g/mol. The smallest absolute Gasteiger partial charge is 0.288 e. The van der Waals surface area contributed by atoms with Gasteiger partial charge in [0, 0.05) is 17.3 Å². The number of nitrogens with one attached hydrogen (secondary N) is 1. The zero-order chi connectivity index (χ0) is 18.4. The van der Waals surface area contributed by atoms with Crippen LogP contribution < -0.4 is 5.32 Å². The van der Waals surface area contributed by atoms with Crippen molar-refractivity contribution in [2.45, 2.75) is 22.3 Å². The van der Waals surface area contributed by atoms with Crippen molar-refractivity contribution in [2.75, 3.05) is 0 Å². The SMILES string of the molecule is O=C1N/C(=N\N=C\c2ccncc2)SC1Cc1ccc(SC(F)F)cc1. The highest BCUT2D eigenvalue weighted by Gasteiger charge is 2.30. The van der Waals surface area contributed by atoms with Crippen molar-refractivity contribution in [3.05, 3.63) is 59.9 Å². The molecule has 1 aliphatic heterocycles. The molecule has 1 fully saturated rings. The lowest BCUT2D eigenvalue weighted by molar-refractivity contribution is -0.118. The number of aromatic nitrogens is 1. The standard InChI is InChI=1S/C17H14F2N4OS2/c18-16(19)25-13-3-1-11(2-4-13)9-14-15(24)22-17(26-14)23-21-10-12-5-7-20-8-6-12/h1-8,10,14,16H,9H2,(H,22,23,24)/b21-10+. The fourth-order valence-corrected chi connectivity index (χ4v) is 3.67. The Balaban J connectivity index is 1.57. The third-order valence-corrected chi connectivity index (χ3v) is 5.20. The molecule has 1 aromatic heterocycles. The maximum absolute atomic E-state index is 12.3. The van der Waals surface area contributed by atoms with Gasteiger partial charge in [0.05, 0.1) is 11.5 Å². The summed E-state index contributed by atoms with van der Waals surface area (Å²) < 4.78 is 24.7. The molecule has 1 aromatic carbocycles. The first kappa shape index (κ1) is 18.5. The maximum Gasteiger partial charge on any atom is 0.288 e. The Morgan fingerprint density at radius 3 is 2.65 bits per heavy atom. The molecule has 1 saturated heterocycles. The molecule has 1 N–H and O–H groups in total. The average Bonchev–Trinajstić information content (AvgIpc) is 2.97. The van der Waals surface area contributed by atoms with Crippen LogP contribution in [0.4, 0.5) is 8.78 Å². The number of alkyl halides is 2. The van der Waals surface area contributed by atoms with Gasteiger partial charge >= 0.3 is 0 Å². The number of amides is 1. The van der Waals surface area contributed by atoms with Crippen molar-refractivity contribution >= 4 is 40.8 Å². The summed E-state index contributed by atoms with van der Waals surface area (Å²) in [7, 11) is 0. The van der Waals surface area contributed by atoms with Crippen LogP contribution in [-0.4, -0.2) is 33.3 Å². The Hall–Kier alpha value is -2.26. The Morgan fingerprint density at radius 2 is 1.96 bits per heavy atom. The lowest BCUT2D eigenvalue weighted by Gasteiger charge is -2.06. The first-order chi connectivity index (χ1) is 12.6. The minimum Gasteiger partial charge on any atom is -0.303 e. The first-order valence-electron chi connectivity index (χ1n) is 7.62. The second-order valence-corrected chi connectivity index (χ2v) is 7.51. The lowest BCUT2D eigenvalue weighted by Crippen LogP contribution is -2.25. The van der Waals surface area contributed by atoms with Crippen molar-refractivity contribution in [2.24, 2.45) is 10.2 Å². The molecule has 1 unspecified atom stereocenters. The van der Waals surface area contributed by atoms with Crippen LogP contribution in [0.1, 0.15) is 11.1 Å². The van der Waals surface area contributed by atoms with Gasteiger partial charge in [-0.05, 0) is 41.8 Å². The minimum atomic E-state index is -2.44. The number of rotatable bonds is 6. The Kier molecular flexibility index (Phi) is 6.35. The number of carbonyl (C=O) groups is 1. The van der Waals surface area contributed by atoms with E-state index in [0.29, 0.717) is 28.2 Å². The number of amidine groups is 1. The van der Waals surface area contributed by atoms with E-state index in [-0.39, 0.29) is 11.2 Å². The summed E-state index contributed by atoms with van der Waals surface area (Å²) in [6.45, 7) is 0. The molecule has 9 heteroatoms. The second-order valence-electron chi connectivity index (χ2n) is 5.25. The molecule has 5 nitrogen and oxygen atoms in total. The highest BCUT2D eigenvalue weighted by Crippen LogP contribution is 2.27. The number of carbonyl (C=O) groups excluding carboxylic acids is 1. The van der Waals surface area contributed by atoms with Crippen LogP contribution in [0.25, 0.3) is 0 Å². The number of halogens is 2. The number of benzene rings is 1. The van der Waals surface area contributed by atoms with Crippen LogP contribution in [0.3, 0.4) is 0 Å². The van der Waals surface area contributed by atoms with Crippen LogP contribution in [0.2, 0.25) is 0 Å². The van der Waals surface area contributed by atoms with Gasteiger partial charge in [0.2, 0.25) is 5.91 Å². The highest BCUT2D eigenvalue weighted by atomic mass is 32.2. The summed E-state index contributed by atoms with van der Waals surface area (Å²) in [6.07, 6.45) is 5.38. The van der Waals surface area contributed by atoms with Crippen LogP contribution in [0.5, 0.6) is 0 Å². The Morgan fingerprint density at radius 1 is 1.23 bits per heavy atom. The number of hydrogen-bond donors (Lipinski definition) is 1. The molecule has 3 rings (SSSR count). The molecule has 0 aliphatic carbocycles. The molecule has 1 amide bonds. The van der Waals surface area contributed by atoms with Gasteiger partial charge in [-0.15, -0.1) is 5.10 Å². The molecule has 0 saturated carbocycles. The predicted octanol–water partition coefficient (Wildman–Crippen LogP) is 3.56. The zero-order valence-corrected chi connectivity index (χ0v) is 15.0. The molecule has 0 radical (unpaired) electrons. The van der Waals surface area contributed by atoms with E-state index < -0.39 is 5.76 Å². The van der Waals surface area contributed by atoms with E-state index in [4.69, 9.17) is 0 Å². The van der Waals surface area contributed by atoms with Gasteiger partial charge in [-0.2, -0.15) is 13.9 Å². The normalized spacial score (nSPS) is 18.8. The molecule has 1 aliphatic rings. The number of hydrogen-bond acceptors (Lipinski definition) is 6. The summed E-state index contributed by atoms with van der Waals surface area (Å²) in [4.78, 5) is 16.5. The predicted molar refractivity (Wildman–Crippen MR) is 101 cm³/mol. The minimum absolute atomic E-state index is 0.140. The van der Waals surface area contributed by atoms with E-state index >= 15 is 0 Å². The maximum atomic E-state index is 12.3. The van der Waals surface area contributed by atoms with Gasteiger partial charge in [-0.1, -0.05) is 35.7 Å². The molecule has 0 spiro atoms. The number of pyridine rings is 1. The van der Waals surface area contributed by atoms with E-state index in [1.165, 1.54) is 11.8 Å². The van der Waals surface area contributed by atoms with Crippen molar-refractivity contribution in [1.82, 2.24) is 10.3 Å². The fourth-order valence-electron chi connectivity index (χ4n) is 2.21. The first-order valence-corrected chi connectivity index (χ1v) is 9.38. The monoisotopic (exact) mass is 392 g/mol. The van der Waals surface area contributed by atoms with Gasteiger partial charge in [-0.25, -0.2) is 0 Å². The highest BCUT2D eigenvalue weighted by molar-refractivity contribution is 8.15. The molecule has 134 valence electrons. The number of thioether (sulfide) groups is 2. The van der Waals surface area contributed by atoms with Crippen LogP contribution in [0, 0.1) is 0 Å². The summed E-state index contributed by atoms with van der Waals surface area (Å²) in [5.41, 5.74) is 1.76. The molecule has 26 heavy (non-hydrogen) atoms. The quantitative estimate of drug-likeness (QED) is 0.464. The molecule has 1 atom stereocenters. The molecule has 2 aromatic rings. The topological polar surface area (TPSA) is 66.7 Å². The van der Waals surface area contributed by atoms with E-state index in [1.807, 2.05) is 0 Å². The van der Waals surface area contributed by atoms with Crippen molar-refractivity contribution in [1.29, 1.82) is 0 Å². The Labute approximate surface area is 157 Å². The van der Waals surface area contributed by atoms with Gasteiger partial charge < -0.3 is 5.32 Å². The third kappa shape index (κ3) is 5.37. The van der Waals surface area contributed by atoms with Gasteiger partial charge in [0.15, 0.2) is 5.17 Å². The van der Waals surface area contributed by atoms with E-state index in [0.717, 1.165) is 11.1 Å². The van der Waals surface area contributed by atoms with Crippen molar-refractivity contribution in [3.63, 3.8) is 0 Å². The van der Waals surface area contributed by atoms with E-state index in [2.05, 4.69) is 20.5 Å². The largest absolute Gasteiger partial charge is 0.303 e. The lowest BCUT2D eigenvalue weighted by atomic mass is 10.1. The van der Waals surface area contributed by atoms with E-state index in [1.54, 1.807) is 55.0 Å². The summed E-state index contributed by atoms with van der Waals surface area (Å²) in [5.74, 6) is -2.58. The van der Waals surface area contributed by atoms with Crippen LogP contribution in [-0.2, 0) is 11.2 Å². The number of nitrogens with zero attached hydrogens (tertiary/aromatic N) is 3. The molecule has 2 heterocycles. The fraction of sp³-hybridized carbons (Fsp3) is 0.176. The van der Waals surface area contributed by atoms with Gasteiger partial charge in [0.25, 0.3) is 5.76 Å². The van der Waals surface area contributed by atoms with E-state index in [9.17, 15) is 13.6 Å². The van der Waals surface area contributed by atoms with Crippen LogP contribution in [0.15, 0.2) is 63.9 Å². The Bertz CT molecular complexity index is 813. The summed E-state index contributed by atoms with van der Waals surface area (Å²) >= 11 is 1.80. The van der Waals surface area contributed by atoms with Gasteiger partial charge in [-0.3, -0.25) is 9.78 Å². The summed E-state index contributed by atoms with van der Waals surface area (Å²) in [6, 6.07) is 10.4. The summed E-state index contributed by atoms with van der Waals surface area (Å²) in [5, 5.41) is 10.8. The molecule has 0 bridgehead atoms. The van der Waals surface area contributed by atoms with Crippen LogP contribution >= 0.6 is 23.5 Å².